The summed E-state index contributed by atoms with van der Waals surface area (Å²) in [6, 6.07) is 16.8. The van der Waals surface area contributed by atoms with Crippen molar-refractivity contribution in [3.63, 3.8) is 0 Å². The maximum Gasteiger partial charge on any atom is 0.0464 e. The quantitative estimate of drug-likeness (QED) is 0.696. The van der Waals surface area contributed by atoms with Crippen LogP contribution < -0.4 is 5.73 Å². The number of para-hydroxylation sites is 2. The number of rotatable bonds is 2. The fourth-order valence-electron chi connectivity index (χ4n) is 2.00. The molecular weight excluding hydrogens is 220 g/mol. The molecule has 3 N–H and O–H groups in total. The van der Waals surface area contributed by atoms with Crippen molar-refractivity contribution in [1.29, 1.82) is 0 Å². The second-order valence-electron chi connectivity index (χ2n) is 4.36. The highest BCUT2D eigenvalue weighted by Crippen LogP contribution is 2.24. The van der Waals surface area contributed by atoms with Crippen molar-refractivity contribution in [1.82, 2.24) is 4.98 Å². The molecule has 0 aliphatic heterocycles. The van der Waals surface area contributed by atoms with Gasteiger partial charge in [-0.3, -0.25) is 0 Å². The lowest BCUT2D eigenvalue weighted by atomic mass is 10.2. The van der Waals surface area contributed by atoms with Crippen molar-refractivity contribution < 1.29 is 0 Å². The van der Waals surface area contributed by atoms with Crippen LogP contribution in [0.5, 0.6) is 0 Å². The first-order valence-corrected chi connectivity index (χ1v) is 6.52. The standard InChI is InChI=1S/C12H9N.C4H11N/c1-3-7-11-9(5-1)10-6-2-4-8-12(10)13-11;1-2-3-4-5/h1-8,13H;2-5H2,1H3. The third-order valence-electron chi connectivity index (χ3n) is 2.97. The molecule has 94 valence electrons. The average Bonchev–Trinajstić information content (AvgIpc) is 2.79. The molecule has 1 aromatic heterocycles. The van der Waals surface area contributed by atoms with Crippen LogP contribution in [0.1, 0.15) is 19.8 Å². The average molecular weight is 240 g/mol. The molecule has 0 saturated heterocycles. The lowest BCUT2D eigenvalue weighted by molar-refractivity contribution is 0.807. The van der Waals surface area contributed by atoms with E-state index in [0.29, 0.717) is 0 Å². The Balaban J connectivity index is 0.000000209. The molecular formula is C16H20N2. The minimum Gasteiger partial charge on any atom is -0.355 e. The van der Waals surface area contributed by atoms with E-state index in [0.717, 1.165) is 6.54 Å². The molecule has 18 heavy (non-hydrogen) atoms. The van der Waals surface area contributed by atoms with Crippen LogP contribution in [0.2, 0.25) is 0 Å². The van der Waals surface area contributed by atoms with E-state index in [4.69, 9.17) is 5.73 Å². The van der Waals surface area contributed by atoms with Crippen LogP contribution in [0.3, 0.4) is 0 Å². The number of H-pyrrole nitrogens is 1. The Morgan fingerprint density at radius 1 is 0.889 bits per heavy atom. The minimum absolute atomic E-state index is 0.844. The lowest BCUT2D eigenvalue weighted by Crippen LogP contribution is -1.95. The maximum atomic E-state index is 5.14. The number of unbranched alkanes of at least 4 members (excludes halogenated alkanes) is 1. The molecule has 0 bridgehead atoms. The Kier molecular flexibility index (Phi) is 4.37. The highest BCUT2D eigenvalue weighted by Gasteiger charge is 2.00. The van der Waals surface area contributed by atoms with Crippen molar-refractivity contribution in [3.05, 3.63) is 48.5 Å². The zero-order chi connectivity index (χ0) is 12.8. The third-order valence-corrected chi connectivity index (χ3v) is 2.97. The second kappa shape index (κ2) is 6.22. The first-order chi connectivity index (χ1) is 8.86. The van der Waals surface area contributed by atoms with E-state index in [1.165, 1.54) is 34.6 Å². The molecule has 2 nitrogen and oxygen atoms in total. The summed E-state index contributed by atoms with van der Waals surface area (Å²) in [6.45, 7) is 2.98. The van der Waals surface area contributed by atoms with Crippen LogP contribution >= 0.6 is 0 Å². The summed E-state index contributed by atoms with van der Waals surface area (Å²) in [5, 5.41) is 2.61. The molecule has 2 aromatic carbocycles. The van der Waals surface area contributed by atoms with Crippen molar-refractivity contribution in [3.8, 4) is 0 Å². The smallest absolute Gasteiger partial charge is 0.0464 e. The second-order valence-corrected chi connectivity index (χ2v) is 4.36. The van der Waals surface area contributed by atoms with Gasteiger partial charge in [0.2, 0.25) is 0 Å². The summed E-state index contributed by atoms with van der Waals surface area (Å²) < 4.78 is 0. The molecule has 0 aliphatic carbocycles. The summed E-state index contributed by atoms with van der Waals surface area (Å²) in [6.07, 6.45) is 2.39. The molecule has 0 spiro atoms. The van der Waals surface area contributed by atoms with Crippen LogP contribution in [0.15, 0.2) is 48.5 Å². The Morgan fingerprint density at radius 2 is 1.39 bits per heavy atom. The van der Waals surface area contributed by atoms with Crippen molar-refractivity contribution >= 4 is 21.8 Å². The number of aromatic nitrogens is 1. The molecule has 0 aliphatic rings. The molecule has 0 atom stereocenters. The van der Waals surface area contributed by atoms with E-state index in [1.807, 2.05) is 0 Å². The van der Waals surface area contributed by atoms with Gasteiger partial charge >= 0.3 is 0 Å². The van der Waals surface area contributed by atoms with Gasteiger partial charge in [0.05, 0.1) is 0 Å². The Labute approximate surface area is 108 Å². The molecule has 3 aromatic rings. The SMILES string of the molecule is CCCCN.c1ccc2c(c1)[nH]c1ccccc12. The van der Waals surface area contributed by atoms with Crippen LogP contribution in [0.25, 0.3) is 21.8 Å². The molecule has 2 heteroatoms. The summed E-state index contributed by atoms with van der Waals surface area (Å²) in [7, 11) is 0. The predicted molar refractivity (Wildman–Crippen MR) is 79.8 cm³/mol. The first-order valence-electron chi connectivity index (χ1n) is 6.52. The van der Waals surface area contributed by atoms with Crippen LogP contribution in [0.4, 0.5) is 0 Å². The molecule has 0 amide bonds. The summed E-state index contributed by atoms with van der Waals surface area (Å²) in [4.78, 5) is 3.38. The third kappa shape index (κ3) is 2.71. The number of hydrogen-bond donors (Lipinski definition) is 2. The van der Waals surface area contributed by atoms with E-state index in [9.17, 15) is 0 Å². The highest BCUT2D eigenvalue weighted by molar-refractivity contribution is 6.06. The van der Waals surface area contributed by atoms with Crippen molar-refractivity contribution in [2.75, 3.05) is 6.54 Å². The van der Waals surface area contributed by atoms with E-state index in [2.05, 4.69) is 60.4 Å². The molecule has 0 unspecified atom stereocenters. The van der Waals surface area contributed by atoms with Crippen LogP contribution in [-0.2, 0) is 0 Å². The number of nitrogens with one attached hydrogen (secondary N) is 1. The van der Waals surface area contributed by atoms with Crippen molar-refractivity contribution in [2.45, 2.75) is 19.8 Å². The zero-order valence-electron chi connectivity index (χ0n) is 10.8. The number of hydrogen-bond acceptors (Lipinski definition) is 1. The number of benzene rings is 2. The molecule has 0 fully saturated rings. The van der Waals surface area contributed by atoms with E-state index in [-0.39, 0.29) is 0 Å². The van der Waals surface area contributed by atoms with Gasteiger partial charge in [-0.25, -0.2) is 0 Å². The van der Waals surface area contributed by atoms with E-state index < -0.39 is 0 Å². The number of fused-ring (bicyclic) bond motifs is 3. The normalized spacial score (nSPS) is 10.3. The summed E-state index contributed by atoms with van der Waals surface area (Å²) >= 11 is 0. The van der Waals surface area contributed by atoms with Crippen molar-refractivity contribution in [2.24, 2.45) is 5.73 Å². The first kappa shape index (κ1) is 12.7. The molecule has 0 saturated carbocycles. The summed E-state index contributed by atoms with van der Waals surface area (Å²) in [5.74, 6) is 0. The number of aromatic amines is 1. The largest absolute Gasteiger partial charge is 0.355 e. The Bertz CT molecular complexity index is 558. The van der Waals surface area contributed by atoms with Gasteiger partial charge in [0.15, 0.2) is 0 Å². The highest BCUT2D eigenvalue weighted by atomic mass is 14.7. The van der Waals surface area contributed by atoms with Gasteiger partial charge < -0.3 is 10.7 Å². The molecule has 0 radical (unpaired) electrons. The Morgan fingerprint density at radius 3 is 1.78 bits per heavy atom. The minimum atomic E-state index is 0.844. The predicted octanol–water partition coefficient (Wildman–Crippen LogP) is 4.07. The van der Waals surface area contributed by atoms with Gasteiger partial charge in [0.25, 0.3) is 0 Å². The molecule has 1 heterocycles. The summed E-state index contributed by atoms with van der Waals surface area (Å²) in [5.41, 5.74) is 7.56. The van der Waals surface area contributed by atoms with Gasteiger partial charge in [0.1, 0.15) is 0 Å². The van der Waals surface area contributed by atoms with E-state index >= 15 is 0 Å². The van der Waals surface area contributed by atoms with Gasteiger partial charge in [-0.15, -0.1) is 0 Å². The fraction of sp³-hybridized carbons (Fsp3) is 0.250. The maximum absolute atomic E-state index is 5.14. The van der Waals surface area contributed by atoms with E-state index in [1.54, 1.807) is 0 Å². The van der Waals surface area contributed by atoms with Gasteiger partial charge in [-0.2, -0.15) is 0 Å². The van der Waals surface area contributed by atoms with Gasteiger partial charge in [-0.05, 0) is 25.1 Å². The molecule has 3 rings (SSSR count). The lowest BCUT2D eigenvalue weighted by Gasteiger charge is -1.87. The monoisotopic (exact) mass is 240 g/mol. The van der Waals surface area contributed by atoms with Crippen LogP contribution in [-0.4, -0.2) is 11.5 Å². The van der Waals surface area contributed by atoms with Gasteiger partial charge in [0, 0.05) is 21.8 Å². The van der Waals surface area contributed by atoms with Crippen LogP contribution in [0, 0.1) is 0 Å². The zero-order valence-corrected chi connectivity index (χ0v) is 10.8. The topological polar surface area (TPSA) is 41.8 Å². The Hall–Kier alpha value is -1.80. The van der Waals surface area contributed by atoms with Gasteiger partial charge in [-0.1, -0.05) is 49.7 Å². The number of nitrogens with two attached hydrogens (primary N) is 1. The fourth-order valence-corrected chi connectivity index (χ4v) is 2.00.